The number of nitrogens with zero attached hydrogens (tertiary/aromatic N) is 1. The van der Waals surface area contributed by atoms with Crippen molar-refractivity contribution in [3.8, 4) is 0 Å². The first-order valence-electron chi connectivity index (χ1n) is 10.0. The number of hydrogen-bond acceptors (Lipinski definition) is 2. The zero-order chi connectivity index (χ0) is 18.9. The molecular formula is C23H28Cl3NO. The molecule has 2 nitrogen and oxygen atoms in total. The summed E-state index contributed by atoms with van der Waals surface area (Å²) in [6, 6.07) is 16.8. The van der Waals surface area contributed by atoms with Crippen LogP contribution in [0, 0.1) is 0 Å². The van der Waals surface area contributed by atoms with Crippen molar-refractivity contribution in [1.29, 1.82) is 0 Å². The highest BCUT2D eigenvalue weighted by atomic mass is 35.5. The quantitative estimate of drug-likeness (QED) is 0.569. The summed E-state index contributed by atoms with van der Waals surface area (Å²) in [4.78, 5) is 2.67. The van der Waals surface area contributed by atoms with Crippen molar-refractivity contribution in [2.75, 3.05) is 6.54 Å². The zero-order valence-corrected chi connectivity index (χ0v) is 18.3. The van der Waals surface area contributed by atoms with E-state index in [1.165, 1.54) is 30.4 Å². The van der Waals surface area contributed by atoms with E-state index in [2.05, 4.69) is 29.2 Å². The van der Waals surface area contributed by atoms with Gasteiger partial charge < -0.3 is 5.11 Å². The first-order chi connectivity index (χ1) is 13.1. The minimum atomic E-state index is -0.243. The Hall–Kier alpha value is -0.770. The maximum absolute atomic E-state index is 10.4. The van der Waals surface area contributed by atoms with E-state index in [0.717, 1.165) is 42.3 Å². The lowest BCUT2D eigenvalue weighted by Gasteiger charge is -2.53. The second-order valence-electron chi connectivity index (χ2n) is 8.04. The molecule has 1 aliphatic carbocycles. The maximum atomic E-state index is 10.4. The molecule has 1 aliphatic heterocycles. The monoisotopic (exact) mass is 439 g/mol. The largest absolute Gasteiger partial charge is 0.393 e. The molecule has 1 N–H and O–H groups in total. The van der Waals surface area contributed by atoms with E-state index in [0.29, 0.717) is 0 Å². The molecule has 0 amide bonds. The highest BCUT2D eigenvalue weighted by Gasteiger charge is 2.45. The Kier molecular flexibility index (Phi) is 7.33. The molecule has 2 fully saturated rings. The third-order valence-corrected chi connectivity index (χ3v) is 6.95. The standard InChI is InChI=1S/C23H27Cl2NO.ClH/c24-19-8-4-17(5-9-19)22-16-21(27)12-15-26(22)23(13-2-1-3-14-23)18-6-10-20(25)11-7-18;/h4-11,21-22,27H,1-3,12-16H2;1H. The molecule has 0 bridgehead atoms. The topological polar surface area (TPSA) is 23.5 Å². The summed E-state index contributed by atoms with van der Waals surface area (Å²) in [6.45, 7) is 0.914. The SMILES string of the molecule is Cl.OC1CCN(C2(c3ccc(Cl)cc3)CCCCC2)C(c2ccc(Cl)cc2)C1. The number of benzene rings is 2. The maximum Gasteiger partial charge on any atom is 0.0570 e. The summed E-state index contributed by atoms with van der Waals surface area (Å²) in [7, 11) is 0. The Morgan fingerprint density at radius 2 is 1.43 bits per heavy atom. The fourth-order valence-electron chi connectivity index (χ4n) is 5.10. The molecular weight excluding hydrogens is 413 g/mol. The summed E-state index contributed by atoms with van der Waals surface area (Å²) < 4.78 is 0. The van der Waals surface area contributed by atoms with Crippen molar-refractivity contribution < 1.29 is 5.11 Å². The molecule has 4 rings (SSSR count). The van der Waals surface area contributed by atoms with E-state index in [-0.39, 0.29) is 30.1 Å². The van der Waals surface area contributed by atoms with Crippen LogP contribution in [0.1, 0.15) is 62.1 Å². The predicted octanol–water partition coefficient (Wildman–Crippen LogP) is 6.77. The Morgan fingerprint density at radius 3 is 2.04 bits per heavy atom. The van der Waals surface area contributed by atoms with Crippen molar-refractivity contribution >= 4 is 35.6 Å². The lowest BCUT2D eigenvalue weighted by atomic mass is 9.73. The smallest absolute Gasteiger partial charge is 0.0570 e. The molecule has 0 aromatic heterocycles. The first kappa shape index (κ1) is 21.9. The molecule has 2 atom stereocenters. The first-order valence-corrected chi connectivity index (χ1v) is 10.8. The number of rotatable bonds is 3. The van der Waals surface area contributed by atoms with Gasteiger partial charge in [0.15, 0.2) is 0 Å². The molecule has 2 aliphatic rings. The Morgan fingerprint density at radius 1 is 0.857 bits per heavy atom. The van der Waals surface area contributed by atoms with Crippen molar-refractivity contribution in [2.45, 2.75) is 62.6 Å². The van der Waals surface area contributed by atoms with Gasteiger partial charge in [-0.25, -0.2) is 0 Å². The normalized spacial score (nSPS) is 25.1. The highest BCUT2D eigenvalue weighted by Crippen LogP contribution is 2.49. The summed E-state index contributed by atoms with van der Waals surface area (Å²) in [5.74, 6) is 0. The average Bonchev–Trinajstić information content (AvgIpc) is 2.69. The van der Waals surface area contributed by atoms with E-state index in [1.54, 1.807) is 0 Å². The van der Waals surface area contributed by atoms with Crippen LogP contribution in [0.2, 0.25) is 10.0 Å². The number of hydrogen-bond donors (Lipinski definition) is 1. The van der Waals surface area contributed by atoms with E-state index in [9.17, 15) is 5.11 Å². The van der Waals surface area contributed by atoms with Gasteiger partial charge in [0.2, 0.25) is 0 Å². The van der Waals surface area contributed by atoms with Gasteiger partial charge in [-0.15, -0.1) is 12.4 Å². The number of aliphatic hydroxyl groups is 1. The Bertz CT molecular complexity index is 756. The van der Waals surface area contributed by atoms with Crippen LogP contribution in [0.5, 0.6) is 0 Å². The van der Waals surface area contributed by atoms with Crippen molar-refractivity contribution in [1.82, 2.24) is 4.90 Å². The Labute approximate surface area is 184 Å². The third-order valence-electron chi connectivity index (χ3n) is 6.44. The van der Waals surface area contributed by atoms with Crippen molar-refractivity contribution in [3.63, 3.8) is 0 Å². The van der Waals surface area contributed by atoms with Gasteiger partial charge >= 0.3 is 0 Å². The van der Waals surface area contributed by atoms with Crippen LogP contribution in [0.15, 0.2) is 48.5 Å². The van der Waals surface area contributed by atoms with E-state index in [4.69, 9.17) is 23.2 Å². The van der Waals surface area contributed by atoms with Gasteiger partial charge in [-0.1, -0.05) is 66.7 Å². The predicted molar refractivity (Wildman–Crippen MR) is 120 cm³/mol. The van der Waals surface area contributed by atoms with Crippen LogP contribution in [0.25, 0.3) is 0 Å². The molecule has 5 heteroatoms. The molecule has 2 aromatic rings. The van der Waals surface area contributed by atoms with E-state index in [1.807, 2.05) is 24.3 Å². The molecule has 0 radical (unpaired) electrons. The van der Waals surface area contributed by atoms with Gasteiger partial charge in [-0.2, -0.15) is 0 Å². The lowest BCUT2D eigenvalue weighted by Crippen LogP contribution is -2.53. The van der Waals surface area contributed by atoms with Crippen molar-refractivity contribution in [2.24, 2.45) is 0 Å². The summed E-state index contributed by atoms with van der Waals surface area (Å²) in [5.41, 5.74) is 2.63. The Balaban J connectivity index is 0.00000225. The van der Waals surface area contributed by atoms with Crippen LogP contribution in [0.3, 0.4) is 0 Å². The molecule has 0 spiro atoms. The molecule has 1 heterocycles. The number of piperidine rings is 1. The molecule has 1 saturated heterocycles. The molecule has 1 saturated carbocycles. The fourth-order valence-corrected chi connectivity index (χ4v) is 5.35. The average molecular weight is 441 g/mol. The van der Waals surface area contributed by atoms with Crippen LogP contribution in [-0.4, -0.2) is 22.7 Å². The van der Waals surface area contributed by atoms with Crippen LogP contribution in [0.4, 0.5) is 0 Å². The fraction of sp³-hybridized carbons (Fsp3) is 0.478. The number of aliphatic hydroxyl groups excluding tert-OH is 1. The van der Waals surface area contributed by atoms with E-state index >= 15 is 0 Å². The number of likely N-dealkylation sites (tertiary alicyclic amines) is 1. The second kappa shape index (κ2) is 9.36. The highest BCUT2D eigenvalue weighted by molar-refractivity contribution is 6.30. The summed E-state index contributed by atoms with van der Waals surface area (Å²) in [5, 5.41) is 12.0. The van der Waals surface area contributed by atoms with Gasteiger partial charge in [0.1, 0.15) is 0 Å². The third kappa shape index (κ3) is 4.37. The van der Waals surface area contributed by atoms with Crippen molar-refractivity contribution in [3.05, 3.63) is 69.7 Å². The van der Waals surface area contributed by atoms with Crippen LogP contribution < -0.4 is 0 Å². The zero-order valence-electron chi connectivity index (χ0n) is 16.0. The second-order valence-corrected chi connectivity index (χ2v) is 8.91. The molecule has 152 valence electrons. The van der Waals surface area contributed by atoms with Gasteiger partial charge in [0.05, 0.1) is 6.10 Å². The lowest BCUT2D eigenvalue weighted by molar-refractivity contribution is -0.0495. The van der Waals surface area contributed by atoms with Gasteiger partial charge in [-0.05, 0) is 61.1 Å². The molecule has 28 heavy (non-hydrogen) atoms. The minimum absolute atomic E-state index is 0. The summed E-state index contributed by atoms with van der Waals surface area (Å²) in [6.07, 6.45) is 7.48. The molecule has 2 unspecified atom stereocenters. The molecule has 2 aromatic carbocycles. The minimum Gasteiger partial charge on any atom is -0.393 e. The van der Waals surface area contributed by atoms with E-state index < -0.39 is 0 Å². The van der Waals surface area contributed by atoms with Crippen LogP contribution >= 0.6 is 35.6 Å². The summed E-state index contributed by atoms with van der Waals surface area (Å²) >= 11 is 12.3. The number of halogens is 3. The van der Waals surface area contributed by atoms with Gasteiger partial charge in [0, 0.05) is 28.2 Å². The van der Waals surface area contributed by atoms with Gasteiger partial charge in [-0.3, -0.25) is 4.90 Å². The van der Waals surface area contributed by atoms with Crippen LogP contribution in [-0.2, 0) is 5.54 Å². The van der Waals surface area contributed by atoms with Gasteiger partial charge in [0.25, 0.3) is 0 Å².